The number of rotatable bonds is 0. The molecule has 0 amide bonds. The van der Waals surface area contributed by atoms with Crippen molar-refractivity contribution in [1.82, 2.24) is 0 Å². The molecule has 0 bridgehead atoms. The van der Waals surface area contributed by atoms with E-state index in [1.54, 1.807) is 11.1 Å². The van der Waals surface area contributed by atoms with Gasteiger partial charge in [0.05, 0.1) is 0 Å². The van der Waals surface area contributed by atoms with E-state index in [9.17, 15) is 13.2 Å². The zero-order chi connectivity index (χ0) is 13.1. The van der Waals surface area contributed by atoms with Crippen molar-refractivity contribution in [3.63, 3.8) is 0 Å². The first-order valence-corrected chi connectivity index (χ1v) is 6.26. The third-order valence-corrected chi connectivity index (χ3v) is 2.89. The minimum absolute atomic E-state index is 1.30. The summed E-state index contributed by atoms with van der Waals surface area (Å²) in [5.41, 5.74) is -2.40. The molecule has 0 saturated carbocycles. The molecule has 1 aromatic rings. The number of fused-ring (bicyclic) bond motifs is 1. The lowest BCUT2D eigenvalue weighted by Crippen LogP contribution is -2.21. The third kappa shape index (κ3) is 4.01. The van der Waals surface area contributed by atoms with Crippen molar-refractivity contribution in [2.45, 2.75) is 24.8 Å². The van der Waals surface area contributed by atoms with Crippen LogP contribution in [-0.4, -0.2) is 18.5 Å². The minimum Gasteiger partial charge on any atom is -0.279 e. The van der Waals surface area contributed by atoms with Crippen molar-refractivity contribution in [1.29, 1.82) is 0 Å². The van der Waals surface area contributed by atoms with E-state index in [0.29, 0.717) is 0 Å². The molecule has 7 heteroatoms. The molecule has 1 aliphatic rings. The topological polar surface area (TPSA) is 54.4 Å². The lowest BCUT2D eigenvalue weighted by molar-refractivity contribution is -0.0510. The fraction of sp³-hybridized carbons (Fsp3) is 0.400. The molecular weight excluding hydrogens is 257 g/mol. The van der Waals surface area contributed by atoms with Crippen LogP contribution in [0.25, 0.3) is 0 Å². The summed E-state index contributed by atoms with van der Waals surface area (Å²) in [7, 11) is -5.84. The van der Waals surface area contributed by atoms with Gasteiger partial charge in [0, 0.05) is 0 Å². The second kappa shape index (κ2) is 5.05. The van der Waals surface area contributed by atoms with E-state index in [0.717, 1.165) is 0 Å². The number of benzene rings is 1. The van der Waals surface area contributed by atoms with Gasteiger partial charge in [-0.2, -0.15) is 21.6 Å². The zero-order valence-electron chi connectivity index (χ0n) is 8.74. The first-order chi connectivity index (χ1) is 7.72. The smallest absolute Gasteiger partial charge is 0.279 e. The quantitative estimate of drug-likeness (QED) is 0.581. The Kier molecular flexibility index (Phi) is 4.16. The molecule has 0 atom stereocenters. The molecule has 3 nitrogen and oxygen atoms in total. The highest BCUT2D eigenvalue weighted by Crippen LogP contribution is 2.21. The highest BCUT2D eigenvalue weighted by Gasteiger charge is 2.44. The normalized spacial score (nSPS) is 14.8. The maximum Gasteiger partial charge on any atom is 0.522 e. The number of aryl methyl sites for hydroxylation is 2. The predicted octanol–water partition coefficient (Wildman–Crippen LogP) is 2.57. The zero-order valence-corrected chi connectivity index (χ0v) is 9.55. The summed E-state index contributed by atoms with van der Waals surface area (Å²) >= 11 is 0. The maximum atomic E-state index is 10.7. The molecule has 0 unspecified atom stereocenters. The number of alkyl halides is 3. The van der Waals surface area contributed by atoms with Crippen LogP contribution >= 0.6 is 0 Å². The van der Waals surface area contributed by atoms with E-state index in [-0.39, 0.29) is 0 Å². The van der Waals surface area contributed by atoms with Crippen molar-refractivity contribution in [2.24, 2.45) is 0 Å². The predicted molar refractivity (Wildman–Crippen MR) is 56.1 cm³/mol. The van der Waals surface area contributed by atoms with E-state index in [1.165, 1.54) is 19.3 Å². The Hall–Kier alpha value is -1.08. The van der Waals surface area contributed by atoms with Gasteiger partial charge in [0.2, 0.25) is 0 Å². The molecular formula is C10H11F3O3S. The second-order valence-corrected chi connectivity index (χ2v) is 4.96. The molecule has 0 heterocycles. The molecule has 0 radical (unpaired) electrons. The first kappa shape index (κ1) is 14.0. The molecule has 0 aliphatic heterocycles. The highest BCUT2D eigenvalue weighted by atomic mass is 32.2. The van der Waals surface area contributed by atoms with Gasteiger partial charge in [-0.15, -0.1) is 0 Å². The van der Waals surface area contributed by atoms with E-state index in [2.05, 4.69) is 24.3 Å². The lowest BCUT2D eigenvalue weighted by atomic mass is 10.1. The van der Waals surface area contributed by atoms with Crippen molar-refractivity contribution >= 4 is 10.1 Å². The van der Waals surface area contributed by atoms with Crippen LogP contribution in [0.4, 0.5) is 13.2 Å². The Morgan fingerprint density at radius 2 is 1.41 bits per heavy atom. The van der Waals surface area contributed by atoms with Gasteiger partial charge in [-0.05, 0) is 30.4 Å². The standard InChI is InChI=1S/C9H10.CHF3O3S/c1-2-5-9-7-3-6-8(9)4-1;2-1(3,4)8(5,6)7/h1-2,4-5H,3,6-7H2;(H,5,6,7). The van der Waals surface area contributed by atoms with Crippen LogP contribution in [0.2, 0.25) is 0 Å². The molecule has 0 fully saturated rings. The number of hydrogen-bond donors (Lipinski definition) is 1. The molecule has 1 aliphatic carbocycles. The second-order valence-electron chi connectivity index (χ2n) is 3.54. The fourth-order valence-corrected chi connectivity index (χ4v) is 1.51. The van der Waals surface area contributed by atoms with Gasteiger partial charge in [-0.1, -0.05) is 24.3 Å². The Morgan fingerprint density at radius 3 is 1.71 bits per heavy atom. The van der Waals surface area contributed by atoms with Gasteiger partial charge >= 0.3 is 15.6 Å². The van der Waals surface area contributed by atoms with Gasteiger partial charge in [0.25, 0.3) is 0 Å². The van der Waals surface area contributed by atoms with Crippen molar-refractivity contribution < 1.29 is 26.1 Å². The Morgan fingerprint density at radius 1 is 1.06 bits per heavy atom. The lowest BCUT2D eigenvalue weighted by Gasteiger charge is -1.97. The maximum absolute atomic E-state index is 10.7. The van der Waals surface area contributed by atoms with Crippen LogP contribution in [0.5, 0.6) is 0 Å². The Balaban J connectivity index is 0.000000172. The summed E-state index contributed by atoms with van der Waals surface area (Å²) in [6.07, 6.45) is 3.96. The van der Waals surface area contributed by atoms with Crippen LogP contribution in [-0.2, 0) is 23.0 Å². The van der Waals surface area contributed by atoms with Crippen molar-refractivity contribution in [2.75, 3.05) is 0 Å². The Bertz CT molecular complexity index is 457. The molecule has 2 rings (SSSR count). The molecule has 96 valence electrons. The van der Waals surface area contributed by atoms with Crippen molar-refractivity contribution in [3.05, 3.63) is 35.4 Å². The average Bonchev–Trinajstić information content (AvgIpc) is 2.62. The van der Waals surface area contributed by atoms with E-state index < -0.39 is 15.6 Å². The number of hydrogen-bond acceptors (Lipinski definition) is 2. The van der Waals surface area contributed by atoms with Gasteiger partial charge < -0.3 is 0 Å². The van der Waals surface area contributed by atoms with Crippen LogP contribution < -0.4 is 0 Å². The fourth-order valence-electron chi connectivity index (χ4n) is 1.51. The van der Waals surface area contributed by atoms with Crippen LogP contribution in [0, 0.1) is 0 Å². The molecule has 1 N–H and O–H groups in total. The Labute approximate surface area is 97.0 Å². The first-order valence-electron chi connectivity index (χ1n) is 4.82. The van der Waals surface area contributed by atoms with E-state index >= 15 is 0 Å². The van der Waals surface area contributed by atoms with Crippen LogP contribution in [0.15, 0.2) is 24.3 Å². The molecule has 0 saturated heterocycles. The molecule has 17 heavy (non-hydrogen) atoms. The van der Waals surface area contributed by atoms with E-state index in [1.807, 2.05) is 0 Å². The third-order valence-electron chi connectivity index (χ3n) is 2.30. The van der Waals surface area contributed by atoms with Crippen LogP contribution in [0.3, 0.4) is 0 Å². The molecule has 0 aromatic heterocycles. The summed E-state index contributed by atoms with van der Waals surface area (Å²) in [5, 5.41) is 0. The van der Waals surface area contributed by atoms with E-state index in [4.69, 9.17) is 13.0 Å². The summed E-state index contributed by atoms with van der Waals surface area (Å²) in [5.74, 6) is 0. The van der Waals surface area contributed by atoms with Crippen LogP contribution in [0.1, 0.15) is 17.5 Å². The van der Waals surface area contributed by atoms with Gasteiger partial charge in [0.15, 0.2) is 0 Å². The summed E-state index contributed by atoms with van der Waals surface area (Å²) in [6.45, 7) is 0. The monoisotopic (exact) mass is 268 g/mol. The summed E-state index contributed by atoms with van der Waals surface area (Å²) in [6, 6.07) is 8.74. The van der Waals surface area contributed by atoms with Crippen molar-refractivity contribution in [3.8, 4) is 0 Å². The number of halogens is 3. The van der Waals surface area contributed by atoms with Gasteiger partial charge in [-0.3, -0.25) is 4.55 Å². The highest BCUT2D eigenvalue weighted by molar-refractivity contribution is 7.86. The molecule has 0 spiro atoms. The minimum atomic E-state index is -5.84. The average molecular weight is 268 g/mol. The summed E-state index contributed by atoms with van der Waals surface area (Å²) < 4.78 is 57.5. The SMILES string of the molecule is O=S(=O)(O)C(F)(F)F.c1ccc2c(c1)CCC2. The molecule has 1 aromatic carbocycles. The largest absolute Gasteiger partial charge is 0.522 e. The van der Waals surface area contributed by atoms with Gasteiger partial charge in [-0.25, -0.2) is 0 Å². The van der Waals surface area contributed by atoms with Gasteiger partial charge in [0.1, 0.15) is 0 Å². The summed E-state index contributed by atoms with van der Waals surface area (Å²) in [4.78, 5) is 0.